The van der Waals surface area contributed by atoms with E-state index in [0.29, 0.717) is 92.5 Å². The van der Waals surface area contributed by atoms with E-state index in [-0.39, 0.29) is 66.1 Å². The molecule has 2 atom stereocenters. The Bertz CT molecular complexity index is 751. The van der Waals surface area contributed by atoms with E-state index >= 15 is 0 Å². The average Bonchev–Trinajstić information content (AvgIpc) is 3.07. The van der Waals surface area contributed by atoms with E-state index in [2.05, 4.69) is 4.79 Å². The summed E-state index contributed by atoms with van der Waals surface area (Å²) >= 11 is 0. The molecule has 2 aliphatic heterocycles. The van der Waals surface area contributed by atoms with E-state index in [1.165, 1.54) is 0 Å². The quantitative estimate of drug-likeness (QED) is 0.105. The Kier molecular flexibility index (Phi) is 26.1. The topological polar surface area (TPSA) is 200 Å². The fraction of sp³-hybridized carbons (Fsp3) is 0.897. The summed E-state index contributed by atoms with van der Waals surface area (Å²) in [6, 6.07) is 0. The van der Waals surface area contributed by atoms with Gasteiger partial charge in [-0.05, 0) is 0 Å². The maximum absolute atomic E-state index is 12.6. The normalized spacial score (nSPS) is 24.2. The van der Waals surface area contributed by atoms with Gasteiger partial charge < -0.3 is 71.8 Å². The molecular formula is C29H50N2O16. The molecule has 272 valence electrons. The van der Waals surface area contributed by atoms with Gasteiger partial charge in [-0.2, -0.15) is 4.79 Å². The number of hydrogen-bond acceptors (Lipinski definition) is 16. The van der Waals surface area contributed by atoms with E-state index in [9.17, 15) is 15.1 Å². The lowest BCUT2D eigenvalue weighted by Gasteiger charge is -2.19. The predicted octanol–water partition coefficient (Wildman–Crippen LogP) is -1.29. The molecule has 2 saturated heterocycles. The summed E-state index contributed by atoms with van der Waals surface area (Å²) in [7, 11) is 0. The fourth-order valence-electron chi connectivity index (χ4n) is 3.66. The third-order valence-corrected chi connectivity index (χ3v) is 6.03. The van der Waals surface area contributed by atoms with Gasteiger partial charge in [-0.15, -0.1) is 0 Å². The van der Waals surface area contributed by atoms with Crippen LogP contribution in [0.2, 0.25) is 0 Å². The van der Waals surface area contributed by atoms with Gasteiger partial charge in [0.2, 0.25) is 0 Å². The number of ether oxygens (including phenoxy) is 14. The van der Waals surface area contributed by atoms with E-state index in [0.717, 1.165) is 0 Å². The van der Waals surface area contributed by atoms with Gasteiger partial charge >= 0.3 is 17.7 Å². The van der Waals surface area contributed by atoms with Crippen LogP contribution in [0.15, 0.2) is 0 Å². The maximum atomic E-state index is 12.6. The monoisotopic (exact) mass is 682 g/mol. The highest BCUT2D eigenvalue weighted by Crippen LogP contribution is 2.01. The number of esters is 2. The Morgan fingerprint density at radius 2 is 0.702 bits per heavy atom. The number of hydrogen-bond donors (Lipinski definition) is 0. The van der Waals surface area contributed by atoms with E-state index in [1.807, 2.05) is 0 Å². The van der Waals surface area contributed by atoms with Gasteiger partial charge in [0.05, 0.1) is 145 Å². The molecular weight excluding hydrogens is 632 g/mol. The van der Waals surface area contributed by atoms with Gasteiger partial charge in [-0.3, -0.25) is 0 Å². The van der Waals surface area contributed by atoms with Gasteiger partial charge in [0.15, 0.2) is 0 Å². The van der Waals surface area contributed by atoms with Crippen LogP contribution in [-0.2, 0) is 75.9 Å². The molecule has 47 heavy (non-hydrogen) atoms. The highest BCUT2D eigenvalue weighted by atomic mass is 16.6. The second-order valence-electron chi connectivity index (χ2n) is 9.68. The van der Waals surface area contributed by atoms with E-state index < -0.39 is 29.9 Å². The van der Waals surface area contributed by atoms with Crippen LogP contribution in [0.5, 0.6) is 0 Å². The lowest BCUT2D eigenvalue weighted by atomic mass is 10.3. The van der Waals surface area contributed by atoms with Crippen molar-refractivity contribution in [1.82, 2.24) is 0 Å². The Balaban J connectivity index is 1.79. The molecule has 18 nitrogen and oxygen atoms in total. The van der Waals surface area contributed by atoms with Crippen LogP contribution in [-0.4, -0.2) is 193 Å². The molecule has 0 aromatic carbocycles. The van der Waals surface area contributed by atoms with Gasteiger partial charge in [-0.1, -0.05) is 0 Å². The third kappa shape index (κ3) is 22.9. The lowest BCUT2D eigenvalue weighted by Crippen LogP contribution is -2.36. The summed E-state index contributed by atoms with van der Waals surface area (Å²) in [5.41, 5.74) is 8.44. The van der Waals surface area contributed by atoms with Gasteiger partial charge in [0.25, 0.3) is 0 Å². The number of carbonyl (C=O) groups excluding carboxylic acids is 2. The number of carbonyl (C=O) groups is 2. The third-order valence-electron chi connectivity index (χ3n) is 6.03. The molecule has 0 spiro atoms. The molecule has 2 heterocycles. The Morgan fingerprint density at radius 3 is 0.979 bits per heavy atom. The molecule has 2 aliphatic rings. The Hall–Kier alpha value is -2.16. The van der Waals surface area contributed by atoms with Crippen LogP contribution in [0.4, 0.5) is 0 Å². The molecule has 0 aliphatic carbocycles. The fourth-order valence-corrected chi connectivity index (χ4v) is 3.66. The van der Waals surface area contributed by atoms with Crippen molar-refractivity contribution in [3.05, 3.63) is 5.53 Å². The van der Waals surface area contributed by atoms with Crippen LogP contribution in [0.25, 0.3) is 5.53 Å². The highest BCUT2D eigenvalue weighted by Gasteiger charge is 2.34. The van der Waals surface area contributed by atoms with Crippen LogP contribution in [0.3, 0.4) is 0 Å². The number of nitrogens with zero attached hydrogens (tertiary/aromatic N) is 2. The van der Waals surface area contributed by atoms with Crippen LogP contribution < -0.4 is 0 Å². The van der Waals surface area contributed by atoms with Crippen molar-refractivity contribution in [3.63, 3.8) is 0 Å². The smallest absolute Gasteiger partial charge is 0.454 e. The maximum Gasteiger partial charge on any atom is 0.482 e. The van der Waals surface area contributed by atoms with Gasteiger partial charge in [-0.25, -0.2) is 9.59 Å². The zero-order valence-corrected chi connectivity index (χ0v) is 27.1. The predicted molar refractivity (Wildman–Crippen MR) is 158 cm³/mol. The molecule has 0 aromatic rings. The molecule has 2 unspecified atom stereocenters. The minimum absolute atomic E-state index is 0.0564. The van der Waals surface area contributed by atoms with E-state index in [1.54, 1.807) is 0 Å². The van der Waals surface area contributed by atoms with Crippen molar-refractivity contribution in [2.45, 2.75) is 12.2 Å². The minimum Gasteiger partial charge on any atom is -0.454 e. The molecule has 2 rings (SSSR count). The summed E-state index contributed by atoms with van der Waals surface area (Å²) in [4.78, 5) is 28.0. The first-order chi connectivity index (χ1) is 23.2. The Morgan fingerprint density at radius 1 is 0.447 bits per heavy atom. The summed E-state index contributed by atoms with van der Waals surface area (Å²) in [5, 5.41) is 0. The minimum atomic E-state index is -1.21. The van der Waals surface area contributed by atoms with Crippen LogP contribution in [0, 0.1) is 0 Å². The molecule has 0 aromatic heterocycles. The zero-order valence-electron chi connectivity index (χ0n) is 27.1. The summed E-state index contributed by atoms with van der Waals surface area (Å²) in [5.74, 6) is -2.42. The molecule has 18 heteroatoms. The van der Waals surface area contributed by atoms with Crippen LogP contribution >= 0.6 is 0 Å². The average molecular weight is 683 g/mol. The first kappa shape index (κ1) is 41.0. The van der Waals surface area contributed by atoms with Crippen molar-refractivity contribution in [2.75, 3.05) is 159 Å². The molecule has 2 fully saturated rings. The standard InChI is InChI=1S/C29H50N2O16/c30-31-27(28(32)46-23-25-21-42-15-13-38-7-5-34-1-3-36-9-11-40-17-19-44-25)29(33)47-24-26-22-43-16-14-39-8-6-35-2-4-37-10-12-41-18-20-45-26/h25-26H,1-24H2. The van der Waals surface area contributed by atoms with Gasteiger partial charge in [0, 0.05) is 0 Å². The van der Waals surface area contributed by atoms with Gasteiger partial charge in [0.1, 0.15) is 25.4 Å². The van der Waals surface area contributed by atoms with Crippen molar-refractivity contribution in [3.8, 4) is 0 Å². The highest BCUT2D eigenvalue weighted by molar-refractivity contribution is 6.60. The summed E-state index contributed by atoms with van der Waals surface area (Å²) in [6.07, 6.45) is -1.42. The SMILES string of the molecule is [N-]=[N+]=C(C(=O)OCC1COCCOCCOCCOCCOCCO1)C(=O)OCC1COCCOCCOCCOCCOCCO1. The molecule has 0 radical (unpaired) electrons. The summed E-state index contributed by atoms with van der Waals surface area (Å²) in [6.45, 7) is 6.58. The van der Waals surface area contributed by atoms with E-state index in [4.69, 9.17) is 66.3 Å². The summed E-state index contributed by atoms with van der Waals surface area (Å²) < 4.78 is 76.4. The molecule has 0 bridgehead atoms. The largest absolute Gasteiger partial charge is 0.482 e. The Labute approximate surface area is 274 Å². The van der Waals surface area contributed by atoms with Crippen molar-refractivity contribution in [1.29, 1.82) is 0 Å². The first-order valence-corrected chi connectivity index (χ1v) is 15.8. The van der Waals surface area contributed by atoms with Crippen LogP contribution in [0.1, 0.15) is 0 Å². The second kappa shape index (κ2) is 29.9. The second-order valence-corrected chi connectivity index (χ2v) is 9.68. The zero-order chi connectivity index (χ0) is 33.5. The molecule has 0 N–H and O–H groups in total. The van der Waals surface area contributed by atoms with Crippen molar-refractivity contribution >= 4 is 17.7 Å². The molecule has 0 saturated carbocycles. The first-order valence-electron chi connectivity index (χ1n) is 15.8. The van der Waals surface area contributed by atoms with Crippen molar-refractivity contribution in [2.24, 2.45) is 0 Å². The van der Waals surface area contributed by atoms with Crippen molar-refractivity contribution < 1.29 is 80.7 Å². The number of rotatable bonds is 6. The molecule has 0 amide bonds. The lowest BCUT2D eigenvalue weighted by molar-refractivity contribution is -0.156.